The lowest BCUT2D eigenvalue weighted by atomic mass is 10.0. The van der Waals surface area contributed by atoms with Crippen LogP contribution in [0.4, 0.5) is 0 Å². The summed E-state index contributed by atoms with van der Waals surface area (Å²) >= 11 is 1.64. The van der Waals surface area contributed by atoms with E-state index in [4.69, 9.17) is 10.3 Å². The summed E-state index contributed by atoms with van der Waals surface area (Å²) in [4.78, 5) is 8.78. The second-order valence-electron chi connectivity index (χ2n) is 4.90. The Hall–Kier alpha value is -1.79. The van der Waals surface area contributed by atoms with Crippen LogP contribution in [0.2, 0.25) is 0 Å². The lowest BCUT2D eigenvalue weighted by molar-refractivity contribution is 0.312. The van der Waals surface area contributed by atoms with E-state index in [1.54, 1.807) is 17.5 Å². The van der Waals surface area contributed by atoms with Crippen LogP contribution in [0.5, 0.6) is 0 Å². The minimum Gasteiger partial charge on any atom is -0.337 e. The predicted molar refractivity (Wildman–Crippen MR) is 79.3 cm³/mol. The van der Waals surface area contributed by atoms with Gasteiger partial charge in [0, 0.05) is 11.8 Å². The quantitative estimate of drug-likeness (QED) is 0.796. The molecule has 3 rings (SSSR count). The number of thiophene rings is 1. The van der Waals surface area contributed by atoms with E-state index in [0.29, 0.717) is 17.6 Å². The van der Waals surface area contributed by atoms with Crippen LogP contribution in [0.15, 0.2) is 28.2 Å². The van der Waals surface area contributed by atoms with E-state index in [2.05, 4.69) is 29.0 Å². The van der Waals surface area contributed by atoms with Crippen molar-refractivity contribution in [2.24, 2.45) is 11.7 Å². The Morgan fingerprint density at radius 1 is 1.45 bits per heavy atom. The number of hydrogen-bond donors (Lipinski definition) is 1. The van der Waals surface area contributed by atoms with Crippen LogP contribution in [0.3, 0.4) is 0 Å². The first kappa shape index (κ1) is 13.2. The molecular formula is C14H16N4OS. The van der Waals surface area contributed by atoms with Crippen LogP contribution in [0.1, 0.15) is 32.2 Å². The average molecular weight is 288 g/mol. The first-order valence-electron chi connectivity index (χ1n) is 6.62. The molecule has 2 N–H and O–H groups in total. The fourth-order valence-electron chi connectivity index (χ4n) is 1.95. The van der Waals surface area contributed by atoms with Gasteiger partial charge in [0.05, 0.1) is 16.3 Å². The van der Waals surface area contributed by atoms with Crippen molar-refractivity contribution in [3.63, 3.8) is 0 Å². The van der Waals surface area contributed by atoms with Crippen LogP contribution in [0, 0.1) is 5.92 Å². The fraction of sp³-hybridized carbons (Fsp3) is 0.357. The maximum absolute atomic E-state index is 6.10. The maximum Gasteiger partial charge on any atom is 0.244 e. The number of nitrogens with two attached hydrogens (primary N) is 1. The minimum atomic E-state index is -0.223. The van der Waals surface area contributed by atoms with Crippen LogP contribution in [-0.4, -0.2) is 15.1 Å². The third-order valence-corrected chi connectivity index (χ3v) is 4.40. The Morgan fingerprint density at radius 3 is 3.10 bits per heavy atom. The molecule has 2 atom stereocenters. The van der Waals surface area contributed by atoms with E-state index in [-0.39, 0.29) is 6.04 Å². The summed E-state index contributed by atoms with van der Waals surface area (Å²) in [7, 11) is 0. The molecule has 0 fully saturated rings. The van der Waals surface area contributed by atoms with Crippen LogP contribution >= 0.6 is 11.3 Å². The van der Waals surface area contributed by atoms with Gasteiger partial charge in [-0.15, -0.1) is 11.3 Å². The van der Waals surface area contributed by atoms with Gasteiger partial charge in [0.2, 0.25) is 11.7 Å². The summed E-state index contributed by atoms with van der Waals surface area (Å²) < 4.78 is 6.40. The van der Waals surface area contributed by atoms with Gasteiger partial charge >= 0.3 is 0 Å². The topological polar surface area (TPSA) is 77.8 Å². The molecule has 3 aromatic heterocycles. The Kier molecular flexibility index (Phi) is 3.50. The molecule has 104 valence electrons. The van der Waals surface area contributed by atoms with Crippen molar-refractivity contribution < 1.29 is 4.52 Å². The summed E-state index contributed by atoms with van der Waals surface area (Å²) in [6, 6.07) is 3.79. The van der Waals surface area contributed by atoms with Gasteiger partial charge in [-0.05, 0) is 23.4 Å². The number of rotatable bonds is 4. The molecule has 0 aliphatic heterocycles. The zero-order valence-electron chi connectivity index (χ0n) is 11.4. The first-order valence-corrected chi connectivity index (χ1v) is 7.49. The second kappa shape index (κ2) is 5.30. The van der Waals surface area contributed by atoms with Gasteiger partial charge in [0.1, 0.15) is 0 Å². The molecule has 6 heteroatoms. The van der Waals surface area contributed by atoms with Gasteiger partial charge in [0.15, 0.2) is 0 Å². The Morgan fingerprint density at radius 2 is 2.30 bits per heavy atom. The summed E-state index contributed by atoms with van der Waals surface area (Å²) in [6.07, 6.45) is 2.74. The van der Waals surface area contributed by atoms with Gasteiger partial charge in [-0.2, -0.15) is 4.98 Å². The molecule has 0 saturated carbocycles. The molecule has 0 radical (unpaired) electrons. The molecule has 0 amide bonds. The zero-order valence-corrected chi connectivity index (χ0v) is 12.2. The van der Waals surface area contributed by atoms with Crippen LogP contribution < -0.4 is 5.73 Å². The highest BCUT2D eigenvalue weighted by molar-refractivity contribution is 7.17. The number of pyridine rings is 1. The first-order chi connectivity index (χ1) is 9.69. The van der Waals surface area contributed by atoms with Gasteiger partial charge in [0.25, 0.3) is 0 Å². The highest BCUT2D eigenvalue weighted by Gasteiger charge is 2.20. The maximum atomic E-state index is 6.10. The van der Waals surface area contributed by atoms with Crippen molar-refractivity contribution in [1.29, 1.82) is 0 Å². The summed E-state index contributed by atoms with van der Waals surface area (Å²) in [5.41, 5.74) is 7.94. The standard InChI is InChI=1S/C14H16N4OS/c1-3-8(2)12(15)14-17-13(18-19-14)9-6-11-10(16-7-9)4-5-20-11/h4-8,12H,3,15H2,1-2H3/t8-,12-/m0/s1. The lowest BCUT2D eigenvalue weighted by Crippen LogP contribution is -2.18. The number of hydrogen-bond acceptors (Lipinski definition) is 6. The molecule has 0 spiro atoms. The fourth-order valence-corrected chi connectivity index (χ4v) is 2.73. The predicted octanol–water partition coefficient (Wildman–Crippen LogP) is 3.39. The number of nitrogens with zero attached hydrogens (tertiary/aromatic N) is 3. The zero-order chi connectivity index (χ0) is 14.1. The summed E-state index contributed by atoms with van der Waals surface area (Å²) in [5, 5.41) is 6.03. The molecule has 3 heterocycles. The molecule has 0 bridgehead atoms. The van der Waals surface area contributed by atoms with Crippen molar-refractivity contribution >= 4 is 21.6 Å². The molecular weight excluding hydrogens is 272 g/mol. The van der Waals surface area contributed by atoms with Crippen LogP contribution in [0.25, 0.3) is 21.6 Å². The Balaban J connectivity index is 1.92. The van der Waals surface area contributed by atoms with E-state index in [1.807, 2.05) is 17.5 Å². The van der Waals surface area contributed by atoms with Crippen molar-refractivity contribution in [3.05, 3.63) is 29.6 Å². The Bertz CT molecular complexity index is 721. The van der Waals surface area contributed by atoms with E-state index in [9.17, 15) is 0 Å². The molecule has 0 unspecified atom stereocenters. The molecule has 5 nitrogen and oxygen atoms in total. The number of aromatic nitrogens is 3. The van der Waals surface area contributed by atoms with Gasteiger partial charge in [-0.3, -0.25) is 4.98 Å². The second-order valence-corrected chi connectivity index (χ2v) is 5.84. The highest BCUT2D eigenvalue weighted by atomic mass is 32.1. The SMILES string of the molecule is CC[C@H](C)[C@H](N)c1nc(-c2cnc3ccsc3c2)no1. The average Bonchev–Trinajstić information content (AvgIpc) is 3.13. The molecule has 3 aromatic rings. The largest absolute Gasteiger partial charge is 0.337 e. The molecule has 20 heavy (non-hydrogen) atoms. The van der Waals surface area contributed by atoms with E-state index >= 15 is 0 Å². The summed E-state index contributed by atoms with van der Waals surface area (Å²) in [6.45, 7) is 4.17. The Labute approximate surface area is 120 Å². The third-order valence-electron chi connectivity index (χ3n) is 3.54. The van der Waals surface area contributed by atoms with Crippen molar-refractivity contribution in [2.45, 2.75) is 26.3 Å². The van der Waals surface area contributed by atoms with Gasteiger partial charge in [-0.1, -0.05) is 25.4 Å². The highest BCUT2D eigenvalue weighted by Crippen LogP contribution is 2.26. The summed E-state index contributed by atoms with van der Waals surface area (Å²) in [5.74, 6) is 1.34. The third kappa shape index (κ3) is 2.32. The smallest absolute Gasteiger partial charge is 0.244 e. The lowest BCUT2D eigenvalue weighted by Gasteiger charge is -2.12. The van der Waals surface area contributed by atoms with E-state index in [1.165, 1.54) is 0 Å². The molecule has 0 aliphatic carbocycles. The molecule has 0 aromatic carbocycles. The van der Waals surface area contributed by atoms with E-state index < -0.39 is 0 Å². The van der Waals surface area contributed by atoms with Crippen molar-refractivity contribution in [2.75, 3.05) is 0 Å². The van der Waals surface area contributed by atoms with Crippen LogP contribution in [-0.2, 0) is 0 Å². The van der Waals surface area contributed by atoms with Crippen molar-refractivity contribution in [3.8, 4) is 11.4 Å². The number of fused-ring (bicyclic) bond motifs is 1. The monoisotopic (exact) mass is 288 g/mol. The minimum absolute atomic E-state index is 0.223. The molecule has 0 aliphatic rings. The van der Waals surface area contributed by atoms with Gasteiger partial charge in [-0.25, -0.2) is 0 Å². The van der Waals surface area contributed by atoms with E-state index in [0.717, 1.165) is 22.2 Å². The normalized spacial score (nSPS) is 14.6. The molecule has 0 saturated heterocycles. The van der Waals surface area contributed by atoms with Crippen molar-refractivity contribution in [1.82, 2.24) is 15.1 Å². The van der Waals surface area contributed by atoms with Gasteiger partial charge < -0.3 is 10.3 Å².